The number of nitrogen functional groups attached to an aromatic ring is 1. The number of rotatable bonds is 12. The first-order valence-electron chi connectivity index (χ1n) is 11.2. The van der Waals surface area contributed by atoms with Crippen molar-refractivity contribution in [1.82, 2.24) is 0 Å². The highest BCUT2D eigenvalue weighted by Crippen LogP contribution is 2.21. The van der Waals surface area contributed by atoms with E-state index in [2.05, 4.69) is 31.8 Å². The quantitative estimate of drug-likeness (QED) is 0.247. The molecule has 1 atom stereocenters. The number of hydrogen-bond acceptors (Lipinski definition) is 5. The molecule has 0 saturated heterocycles. The van der Waals surface area contributed by atoms with Crippen molar-refractivity contribution in [2.75, 3.05) is 12.3 Å². The Morgan fingerprint density at radius 1 is 1.09 bits per heavy atom. The van der Waals surface area contributed by atoms with Crippen molar-refractivity contribution in [3.05, 3.63) is 65.7 Å². The van der Waals surface area contributed by atoms with Crippen molar-refractivity contribution in [2.45, 2.75) is 65.0 Å². The van der Waals surface area contributed by atoms with Crippen LogP contribution < -0.4 is 10.5 Å². The van der Waals surface area contributed by atoms with E-state index in [0.29, 0.717) is 19.4 Å². The van der Waals surface area contributed by atoms with Crippen LogP contribution in [-0.4, -0.2) is 33.1 Å². The minimum absolute atomic E-state index is 0.0451. The molecular formula is C26H37NO4Si. The van der Waals surface area contributed by atoms with E-state index < -0.39 is 8.32 Å². The van der Waals surface area contributed by atoms with Crippen LogP contribution in [-0.2, 0) is 20.4 Å². The fourth-order valence-corrected chi connectivity index (χ4v) is 4.33. The Balaban J connectivity index is 1.97. The predicted molar refractivity (Wildman–Crippen MR) is 134 cm³/mol. The van der Waals surface area contributed by atoms with Gasteiger partial charge in [0.15, 0.2) is 8.32 Å². The molecule has 0 fully saturated rings. The third-order valence-electron chi connectivity index (χ3n) is 4.52. The normalized spacial score (nSPS) is 12.8. The van der Waals surface area contributed by atoms with Crippen molar-refractivity contribution in [3.63, 3.8) is 0 Å². The van der Waals surface area contributed by atoms with E-state index in [-0.39, 0.29) is 18.2 Å². The van der Waals surface area contributed by atoms with Gasteiger partial charge in [0.2, 0.25) is 0 Å². The number of carbonyl (C=O) groups excluding carboxylic acids is 1. The van der Waals surface area contributed by atoms with Gasteiger partial charge in [-0.2, -0.15) is 0 Å². The zero-order valence-corrected chi connectivity index (χ0v) is 21.0. The molecule has 0 aliphatic heterocycles. The summed E-state index contributed by atoms with van der Waals surface area (Å²) in [4.78, 5) is 11.9. The van der Waals surface area contributed by atoms with Gasteiger partial charge < -0.3 is 19.6 Å². The molecule has 5 nitrogen and oxygen atoms in total. The molecule has 32 heavy (non-hydrogen) atoms. The van der Waals surface area contributed by atoms with Gasteiger partial charge in [0.05, 0.1) is 18.8 Å². The Morgan fingerprint density at radius 2 is 1.84 bits per heavy atom. The van der Waals surface area contributed by atoms with Gasteiger partial charge in [-0.25, -0.2) is 0 Å². The number of nitrogens with two attached hydrogens (primary N) is 1. The molecule has 0 aliphatic rings. The summed E-state index contributed by atoms with van der Waals surface area (Å²) >= 11 is 0. The standard InChI is InChI=1S/C26H37NO4Si/c1-20(2)30-26(28)16-14-22-10-6-7-12-25(22)29-18-17-24(31-32(3,4)5)15-13-21-9-8-11-23(27)19-21/h6-13,15,19-20,24H,14,16-18,27H2,1-5H3/b15-13+. The zero-order chi connectivity index (χ0) is 23.6. The lowest BCUT2D eigenvalue weighted by Crippen LogP contribution is -2.32. The van der Waals surface area contributed by atoms with Crippen LogP contribution in [0.2, 0.25) is 19.6 Å². The molecule has 2 rings (SSSR count). The SMILES string of the molecule is CC(C)OC(=O)CCc1ccccc1OCCC(/C=C/c1cccc(N)c1)O[Si](C)(C)C. The van der Waals surface area contributed by atoms with E-state index in [0.717, 1.165) is 29.0 Å². The van der Waals surface area contributed by atoms with Crippen LogP contribution in [0.1, 0.15) is 37.8 Å². The summed E-state index contributed by atoms with van der Waals surface area (Å²) in [5, 5.41) is 0. The van der Waals surface area contributed by atoms with E-state index in [1.807, 2.05) is 62.4 Å². The van der Waals surface area contributed by atoms with Crippen LogP contribution in [0.15, 0.2) is 54.6 Å². The Kier molecular flexibility index (Phi) is 10.0. The average Bonchev–Trinajstić information content (AvgIpc) is 2.70. The largest absolute Gasteiger partial charge is 0.493 e. The van der Waals surface area contributed by atoms with Crippen LogP contribution in [0.4, 0.5) is 5.69 Å². The minimum Gasteiger partial charge on any atom is -0.493 e. The first-order chi connectivity index (χ1) is 15.1. The minimum atomic E-state index is -1.73. The second-order valence-corrected chi connectivity index (χ2v) is 13.5. The fraction of sp³-hybridized carbons (Fsp3) is 0.423. The summed E-state index contributed by atoms with van der Waals surface area (Å²) in [6.45, 7) is 10.8. The molecule has 0 aliphatic carbocycles. The van der Waals surface area contributed by atoms with Crippen LogP contribution in [0.25, 0.3) is 6.08 Å². The molecule has 0 radical (unpaired) electrons. The topological polar surface area (TPSA) is 70.8 Å². The van der Waals surface area contributed by atoms with Crippen LogP contribution in [0.3, 0.4) is 0 Å². The number of ether oxygens (including phenoxy) is 2. The highest BCUT2D eigenvalue weighted by molar-refractivity contribution is 6.69. The molecule has 2 N–H and O–H groups in total. The van der Waals surface area contributed by atoms with Gasteiger partial charge in [0, 0.05) is 18.5 Å². The van der Waals surface area contributed by atoms with Crippen molar-refractivity contribution in [3.8, 4) is 5.75 Å². The Labute approximate surface area is 193 Å². The number of hydrogen-bond donors (Lipinski definition) is 1. The lowest BCUT2D eigenvalue weighted by atomic mass is 10.1. The molecule has 6 heteroatoms. The molecule has 0 spiro atoms. The van der Waals surface area contributed by atoms with Crippen LogP contribution in [0.5, 0.6) is 5.75 Å². The van der Waals surface area contributed by atoms with E-state index in [1.165, 1.54) is 0 Å². The van der Waals surface area contributed by atoms with Gasteiger partial charge >= 0.3 is 5.97 Å². The van der Waals surface area contributed by atoms with Gasteiger partial charge in [0.25, 0.3) is 0 Å². The molecule has 0 amide bonds. The summed E-state index contributed by atoms with van der Waals surface area (Å²) in [6.07, 6.45) is 5.65. The van der Waals surface area contributed by atoms with Crippen LogP contribution >= 0.6 is 0 Å². The Morgan fingerprint density at radius 3 is 2.53 bits per heavy atom. The first-order valence-corrected chi connectivity index (χ1v) is 14.6. The first kappa shape index (κ1) is 25.7. The summed E-state index contributed by atoms with van der Waals surface area (Å²) in [6, 6.07) is 15.6. The third-order valence-corrected chi connectivity index (χ3v) is 5.53. The zero-order valence-electron chi connectivity index (χ0n) is 20.0. The number of para-hydroxylation sites is 1. The highest BCUT2D eigenvalue weighted by Gasteiger charge is 2.20. The van der Waals surface area contributed by atoms with Crippen LogP contribution in [0, 0.1) is 0 Å². The molecule has 0 saturated carbocycles. The van der Waals surface area contributed by atoms with Crippen molar-refractivity contribution in [2.24, 2.45) is 0 Å². The number of anilines is 1. The molecule has 0 aromatic heterocycles. The molecular weight excluding hydrogens is 418 g/mol. The lowest BCUT2D eigenvalue weighted by molar-refractivity contribution is -0.147. The number of esters is 1. The van der Waals surface area contributed by atoms with Gasteiger partial charge in [-0.1, -0.05) is 42.5 Å². The third kappa shape index (κ3) is 10.2. The summed E-state index contributed by atoms with van der Waals surface area (Å²) in [7, 11) is -1.73. The Hall–Kier alpha value is -2.57. The molecule has 0 heterocycles. The average molecular weight is 456 g/mol. The maximum atomic E-state index is 11.9. The maximum absolute atomic E-state index is 11.9. The molecule has 2 aromatic carbocycles. The summed E-state index contributed by atoms with van der Waals surface area (Å²) in [5.74, 6) is 0.613. The van der Waals surface area contributed by atoms with E-state index in [9.17, 15) is 4.79 Å². The van der Waals surface area contributed by atoms with Gasteiger partial charge in [0.1, 0.15) is 5.75 Å². The van der Waals surface area contributed by atoms with Crippen molar-refractivity contribution < 1.29 is 18.7 Å². The van der Waals surface area contributed by atoms with Crippen molar-refractivity contribution >= 4 is 26.1 Å². The molecule has 1 unspecified atom stereocenters. The monoisotopic (exact) mass is 455 g/mol. The van der Waals surface area contributed by atoms with Gasteiger partial charge in [-0.3, -0.25) is 4.79 Å². The molecule has 174 valence electrons. The number of aryl methyl sites for hydroxylation is 1. The number of benzene rings is 2. The second-order valence-electron chi connectivity index (χ2n) is 9.08. The van der Waals surface area contributed by atoms with Gasteiger partial charge in [-0.05, 0) is 69.2 Å². The van der Waals surface area contributed by atoms with E-state index in [4.69, 9.17) is 19.6 Å². The van der Waals surface area contributed by atoms with E-state index in [1.54, 1.807) is 0 Å². The lowest BCUT2D eigenvalue weighted by Gasteiger charge is -2.24. The fourth-order valence-electron chi connectivity index (χ4n) is 3.22. The van der Waals surface area contributed by atoms with Crippen molar-refractivity contribution in [1.29, 1.82) is 0 Å². The molecule has 0 bridgehead atoms. The highest BCUT2D eigenvalue weighted by atomic mass is 28.4. The number of carbonyl (C=O) groups is 1. The second kappa shape index (κ2) is 12.5. The summed E-state index contributed by atoms with van der Waals surface area (Å²) in [5.41, 5.74) is 8.68. The molecule has 2 aromatic rings. The smallest absolute Gasteiger partial charge is 0.306 e. The van der Waals surface area contributed by atoms with E-state index >= 15 is 0 Å². The maximum Gasteiger partial charge on any atom is 0.306 e. The summed E-state index contributed by atoms with van der Waals surface area (Å²) < 4.78 is 17.7. The Bertz CT molecular complexity index is 889. The predicted octanol–water partition coefficient (Wildman–Crippen LogP) is 5.86. The van der Waals surface area contributed by atoms with Gasteiger partial charge in [-0.15, -0.1) is 0 Å².